The molecule has 2 N–H and O–H groups in total. The van der Waals surface area contributed by atoms with E-state index in [0.717, 1.165) is 17.0 Å². The third kappa shape index (κ3) is 2.53. The van der Waals surface area contributed by atoms with Crippen molar-refractivity contribution in [2.24, 2.45) is 5.73 Å². The van der Waals surface area contributed by atoms with E-state index in [1.165, 1.54) is 11.1 Å². The Labute approximate surface area is 103 Å². The SMILES string of the molecule is Cc1ccc(C)c(C(N)c2cccc(C)n2)c1. The maximum atomic E-state index is 6.29. The van der Waals surface area contributed by atoms with Crippen LogP contribution in [0.3, 0.4) is 0 Å². The van der Waals surface area contributed by atoms with Crippen molar-refractivity contribution >= 4 is 0 Å². The van der Waals surface area contributed by atoms with Crippen LogP contribution in [0, 0.1) is 20.8 Å². The van der Waals surface area contributed by atoms with Gasteiger partial charge in [-0.2, -0.15) is 0 Å². The van der Waals surface area contributed by atoms with Crippen molar-refractivity contribution in [2.75, 3.05) is 0 Å². The summed E-state index contributed by atoms with van der Waals surface area (Å²) in [6.45, 7) is 6.16. The van der Waals surface area contributed by atoms with Gasteiger partial charge in [0.05, 0.1) is 11.7 Å². The van der Waals surface area contributed by atoms with Gasteiger partial charge in [-0.3, -0.25) is 4.98 Å². The highest BCUT2D eigenvalue weighted by Gasteiger charge is 2.12. The second kappa shape index (κ2) is 4.68. The molecule has 0 fully saturated rings. The molecule has 0 aliphatic heterocycles. The van der Waals surface area contributed by atoms with E-state index in [4.69, 9.17) is 5.73 Å². The maximum Gasteiger partial charge on any atom is 0.0729 e. The van der Waals surface area contributed by atoms with Crippen LogP contribution in [0.25, 0.3) is 0 Å². The van der Waals surface area contributed by atoms with Crippen LogP contribution in [0.5, 0.6) is 0 Å². The van der Waals surface area contributed by atoms with Gasteiger partial charge in [-0.15, -0.1) is 0 Å². The van der Waals surface area contributed by atoms with E-state index in [0.29, 0.717) is 0 Å². The Kier molecular flexibility index (Phi) is 3.25. The molecule has 0 saturated carbocycles. The number of nitrogens with two attached hydrogens (primary N) is 1. The van der Waals surface area contributed by atoms with Crippen molar-refractivity contribution in [1.82, 2.24) is 4.98 Å². The van der Waals surface area contributed by atoms with Gasteiger partial charge in [-0.25, -0.2) is 0 Å². The molecule has 1 aromatic carbocycles. The molecule has 0 radical (unpaired) electrons. The number of rotatable bonds is 2. The molecule has 0 bridgehead atoms. The maximum absolute atomic E-state index is 6.29. The highest BCUT2D eigenvalue weighted by Crippen LogP contribution is 2.22. The zero-order chi connectivity index (χ0) is 12.4. The summed E-state index contributed by atoms with van der Waals surface area (Å²) >= 11 is 0. The average molecular weight is 226 g/mol. The monoisotopic (exact) mass is 226 g/mol. The van der Waals surface area contributed by atoms with E-state index in [1.807, 2.05) is 25.1 Å². The van der Waals surface area contributed by atoms with Gasteiger partial charge < -0.3 is 5.73 Å². The summed E-state index contributed by atoms with van der Waals surface area (Å²) < 4.78 is 0. The van der Waals surface area contributed by atoms with Crippen LogP contribution in [0.1, 0.15) is 34.1 Å². The highest BCUT2D eigenvalue weighted by molar-refractivity contribution is 5.37. The van der Waals surface area contributed by atoms with Crippen molar-refractivity contribution in [3.8, 4) is 0 Å². The van der Waals surface area contributed by atoms with E-state index < -0.39 is 0 Å². The summed E-state index contributed by atoms with van der Waals surface area (Å²) in [7, 11) is 0. The van der Waals surface area contributed by atoms with Crippen molar-refractivity contribution in [3.63, 3.8) is 0 Å². The molecule has 1 aromatic heterocycles. The zero-order valence-electron chi connectivity index (χ0n) is 10.6. The minimum Gasteiger partial charge on any atom is -0.319 e. The molecule has 2 heteroatoms. The number of benzene rings is 1. The number of nitrogens with zero attached hydrogens (tertiary/aromatic N) is 1. The van der Waals surface area contributed by atoms with Crippen molar-refractivity contribution in [1.29, 1.82) is 0 Å². The van der Waals surface area contributed by atoms with E-state index in [2.05, 4.69) is 37.0 Å². The van der Waals surface area contributed by atoms with Crippen molar-refractivity contribution < 1.29 is 0 Å². The molecule has 1 atom stereocenters. The zero-order valence-corrected chi connectivity index (χ0v) is 10.6. The fourth-order valence-electron chi connectivity index (χ4n) is 1.99. The van der Waals surface area contributed by atoms with Crippen LogP contribution in [0.15, 0.2) is 36.4 Å². The third-order valence-electron chi connectivity index (χ3n) is 3.00. The Bertz CT molecular complexity index is 532. The van der Waals surface area contributed by atoms with Crippen LogP contribution in [-0.4, -0.2) is 4.98 Å². The molecule has 0 amide bonds. The number of aromatic nitrogens is 1. The summed E-state index contributed by atoms with van der Waals surface area (Å²) in [6.07, 6.45) is 0. The van der Waals surface area contributed by atoms with Crippen LogP contribution in [0.2, 0.25) is 0 Å². The van der Waals surface area contributed by atoms with E-state index in [1.54, 1.807) is 0 Å². The first-order valence-electron chi connectivity index (χ1n) is 5.84. The van der Waals surface area contributed by atoms with Gasteiger partial charge in [0.1, 0.15) is 0 Å². The Balaban J connectivity index is 2.43. The van der Waals surface area contributed by atoms with Crippen LogP contribution < -0.4 is 5.73 Å². The summed E-state index contributed by atoms with van der Waals surface area (Å²) in [6, 6.07) is 12.2. The van der Waals surface area contributed by atoms with Crippen molar-refractivity contribution in [3.05, 3.63) is 64.5 Å². The summed E-state index contributed by atoms with van der Waals surface area (Å²) in [5, 5.41) is 0. The number of hydrogen-bond acceptors (Lipinski definition) is 2. The molecule has 0 spiro atoms. The molecule has 88 valence electrons. The lowest BCUT2D eigenvalue weighted by Gasteiger charge is -2.15. The second-order valence-corrected chi connectivity index (χ2v) is 4.54. The molecule has 17 heavy (non-hydrogen) atoms. The normalized spacial score (nSPS) is 12.5. The molecule has 0 aliphatic carbocycles. The number of pyridine rings is 1. The van der Waals surface area contributed by atoms with Gasteiger partial charge in [0, 0.05) is 5.69 Å². The van der Waals surface area contributed by atoms with E-state index in [9.17, 15) is 0 Å². The van der Waals surface area contributed by atoms with E-state index in [-0.39, 0.29) is 6.04 Å². The fraction of sp³-hybridized carbons (Fsp3) is 0.267. The molecular formula is C15H18N2. The molecule has 2 rings (SSSR count). The van der Waals surface area contributed by atoms with Gasteiger partial charge in [0.15, 0.2) is 0 Å². The Morgan fingerprint density at radius 2 is 1.82 bits per heavy atom. The quantitative estimate of drug-likeness (QED) is 0.854. The molecule has 1 unspecified atom stereocenters. The first-order valence-corrected chi connectivity index (χ1v) is 5.84. The topological polar surface area (TPSA) is 38.9 Å². The molecule has 2 aromatic rings. The van der Waals surface area contributed by atoms with E-state index >= 15 is 0 Å². The van der Waals surface area contributed by atoms with Gasteiger partial charge in [-0.1, -0.05) is 29.8 Å². The average Bonchev–Trinajstić information content (AvgIpc) is 2.31. The van der Waals surface area contributed by atoms with Gasteiger partial charge in [0.25, 0.3) is 0 Å². The summed E-state index contributed by atoms with van der Waals surface area (Å²) in [5.41, 5.74) is 11.8. The van der Waals surface area contributed by atoms with Gasteiger partial charge >= 0.3 is 0 Å². The molecule has 2 nitrogen and oxygen atoms in total. The third-order valence-corrected chi connectivity index (χ3v) is 3.00. The lowest BCUT2D eigenvalue weighted by Crippen LogP contribution is -2.15. The lowest BCUT2D eigenvalue weighted by atomic mass is 9.97. The predicted molar refractivity (Wildman–Crippen MR) is 70.9 cm³/mol. The largest absolute Gasteiger partial charge is 0.319 e. The lowest BCUT2D eigenvalue weighted by molar-refractivity contribution is 0.813. The minimum absolute atomic E-state index is 0.144. The molecule has 0 aliphatic rings. The predicted octanol–water partition coefficient (Wildman–Crippen LogP) is 3.05. The molecular weight excluding hydrogens is 208 g/mol. The Morgan fingerprint density at radius 3 is 2.53 bits per heavy atom. The van der Waals surface area contributed by atoms with Gasteiger partial charge in [-0.05, 0) is 44.0 Å². The van der Waals surface area contributed by atoms with Gasteiger partial charge in [0.2, 0.25) is 0 Å². The van der Waals surface area contributed by atoms with Crippen LogP contribution in [0.4, 0.5) is 0 Å². The highest BCUT2D eigenvalue weighted by atomic mass is 14.8. The number of hydrogen-bond donors (Lipinski definition) is 1. The first kappa shape index (κ1) is 11.8. The van der Waals surface area contributed by atoms with Crippen LogP contribution >= 0.6 is 0 Å². The molecule has 0 saturated heterocycles. The summed E-state index contributed by atoms with van der Waals surface area (Å²) in [5.74, 6) is 0. The number of aryl methyl sites for hydroxylation is 3. The minimum atomic E-state index is -0.144. The smallest absolute Gasteiger partial charge is 0.0729 e. The molecule has 1 heterocycles. The Hall–Kier alpha value is -1.67. The summed E-state index contributed by atoms with van der Waals surface area (Å²) in [4.78, 5) is 4.50. The standard InChI is InChI=1S/C15H18N2/c1-10-7-8-11(2)13(9-10)15(16)14-6-4-5-12(3)17-14/h4-9,15H,16H2,1-3H3. The van der Waals surface area contributed by atoms with Crippen molar-refractivity contribution in [2.45, 2.75) is 26.8 Å². The van der Waals surface area contributed by atoms with Crippen LogP contribution in [-0.2, 0) is 0 Å². The first-order chi connectivity index (χ1) is 8.08. The Morgan fingerprint density at radius 1 is 1.06 bits per heavy atom. The fourth-order valence-corrected chi connectivity index (χ4v) is 1.99. The second-order valence-electron chi connectivity index (χ2n) is 4.54.